The molecule has 1 fully saturated rings. The Morgan fingerprint density at radius 3 is 2.29 bits per heavy atom. The van der Waals surface area contributed by atoms with E-state index in [-0.39, 0.29) is 17.9 Å². The van der Waals surface area contributed by atoms with Gasteiger partial charge >= 0.3 is 0 Å². The number of aryl methyl sites for hydroxylation is 2. The Labute approximate surface area is 167 Å². The maximum absolute atomic E-state index is 12.9. The van der Waals surface area contributed by atoms with E-state index in [4.69, 9.17) is 0 Å². The number of nitrogens with zero attached hydrogens (tertiary/aromatic N) is 1. The van der Waals surface area contributed by atoms with Crippen molar-refractivity contribution in [3.05, 3.63) is 65.2 Å². The van der Waals surface area contributed by atoms with E-state index in [1.807, 2.05) is 57.2 Å². The second-order valence-electron chi connectivity index (χ2n) is 7.57. The number of benzene rings is 2. The standard InChI is InChI=1S/C22H28N2O3S/c1-16-9-10-21(15-17(16)2)28(26,27)24-13-11-20(12-14-24)22(25)23-18(3)19-7-5-4-6-8-19/h4-10,15,18,20H,11-14H2,1-3H3,(H,23,25). The highest BCUT2D eigenvalue weighted by Gasteiger charge is 2.32. The summed E-state index contributed by atoms with van der Waals surface area (Å²) in [7, 11) is -3.51. The molecule has 1 atom stereocenters. The molecule has 150 valence electrons. The zero-order valence-electron chi connectivity index (χ0n) is 16.7. The van der Waals surface area contributed by atoms with Crippen LogP contribution in [0.5, 0.6) is 0 Å². The monoisotopic (exact) mass is 400 g/mol. The van der Waals surface area contributed by atoms with Crippen molar-refractivity contribution in [3.8, 4) is 0 Å². The summed E-state index contributed by atoms with van der Waals surface area (Å²) in [5.74, 6) is -0.156. The van der Waals surface area contributed by atoms with Crippen molar-refractivity contribution >= 4 is 15.9 Å². The molecule has 1 N–H and O–H groups in total. The summed E-state index contributed by atoms with van der Waals surface area (Å²) in [6.07, 6.45) is 1.08. The zero-order chi connectivity index (χ0) is 20.3. The van der Waals surface area contributed by atoms with Gasteiger partial charge in [0.1, 0.15) is 0 Å². The molecule has 1 unspecified atom stereocenters. The number of carbonyl (C=O) groups excluding carboxylic acids is 1. The van der Waals surface area contributed by atoms with E-state index in [1.165, 1.54) is 4.31 Å². The lowest BCUT2D eigenvalue weighted by molar-refractivity contribution is -0.126. The highest BCUT2D eigenvalue weighted by molar-refractivity contribution is 7.89. The van der Waals surface area contributed by atoms with Crippen LogP contribution in [0.2, 0.25) is 0 Å². The smallest absolute Gasteiger partial charge is 0.243 e. The summed E-state index contributed by atoms with van der Waals surface area (Å²) in [5, 5.41) is 3.06. The normalized spacial score (nSPS) is 17.2. The van der Waals surface area contributed by atoms with Crippen LogP contribution < -0.4 is 5.32 Å². The van der Waals surface area contributed by atoms with E-state index in [0.29, 0.717) is 30.8 Å². The number of carbonyl (C=O) groups is 1. The van der Waals surface area contributed by atoms with Gasteiger partial charge in [-0.15, -0.1) is 0 Å². The molecular weight excluding hydrogens is 372 g/mol. The predicted octanol–water partition coefficient (Wildman–Crippen LogP) is 3.58. The van der Waals surface area contributed by atoms with Gasteiger partial charge in [-0.3, -0.25) is 4.79 Å². The fourth-order valence-corrected chi connectivity index (χ4v) is 5.09. The van der Waals surface area contributed by atoms with Gasteiger partial charge in [-0.2, -0.15) is 4.31 Å². The average molecular weight is 401 g/mol. The van der Waals surface area contributed by atoms with Gasteiger partial charge in [0, 0.05) is 19.0 Å². The lowest BCUT2D eigenvalue weighted by Crippen LogP contribution is -2.43. The Hall–Kier alpha value is -2.18. The molecule has 1 amide bonds. The van der Waals surface area contributed by atoms with E-state index in [1.54, 1.807) is 12.1 Å². The highest BCUT2D eigenvalue weighted by atomic mass is 32.2. The molecule has 0 aromatic heterocycles. The summed E-state index contributed by atoms with van der Waals surface area (Å²) in [5.41, 5.74) is 3.10. The van der Waals surface area contributed by atoms with Crippen molar-refractivity contribution in [2.75, 3.05) is 13.1 Å². The molecule has 0 bridgehead atoms. The maximum Gasteiger partial charge on any atom is 0.243 e. The first-order valence-corrected chi connectivity index (χ1v) is 11.2. The molecule has 0 saturated carbocycles. The van der Waals surface area contributed by atoms with E-state index in [9.17, 15) is 13.2 Å². The molecule has 0 radical (unpaired) electrons. The minimum atomic E-state index is -3.51. The van der Waals surface area contributed by atoms with E-state index in [2.05, 4.69) is 5.32 Å². The first kappa shape index (κ1) is 20.6. The molecule has 1 heterocycles. The van der Waals surface area contributed by atoms with E-state index in [0.717, 1.165) is 16.7 Å². The van der Waals surface area contributed by atoms with Gasteiger partial charge in [0.05, 0.1) is 10.9 Å². The van der Waals surface area contributed by atoms with E-state index < -0.39 is 10.0 Å². The van der Waals surface area contributed by atoms with Crippen molar-refractivity contribution < 1.29 is 13.2 Å². The van der Waals surface area contributed by atoms with Gasteiger partial charge in [0.2, 0.25) is 15.9 Å². The van der Waals surface area contributed by atoms with Crippen molar-refractivity contribution in [2.45, 2.75) is 44.6 Å². The Kier molecular flexibility index (Phi) is 6.20. The summed E-state index contributed by atoms with van der Waals surface area (Å²) >= 11 is 0. The largest absolute Gasteiger partial charge is 0.349 e. The molecular formula is C22H28N2O3S. The molecule has 5 nitrogen and oxygen atoms in total. The molecule has 1 aliphatic heterocycles. The molecule has 0 aliphatic carbocycles. The second kappa shape index (κ2) is 8.45. The number of rotatable bonds is 5. The molecule has 2 aromatic rings. The number of hydrogen-bond acceptors (Lipinski definition) is 3. The third kappa shape index (κ3) is 4.45. The topological polar surface area (TPSA) is 66.5 Å². The molecule has 6 heteroatoms. The summed E-state index contributed by atoms with van der Waals surface area (Å²) < 4.78 is 27.3. The minimum Gasteiger partial charge on any atom is -0.349 e. The third-order valence-corrected chi connectivity index (χ3v) is 7.49. The van der Waals surface area contributed by atoms with Crippen LogP contribution in [0.4, 0.5) is 0 Å². The Morgan fingerprint density at radius 2 is 1.68 bits per heavy atom. The molecule has 2 aromatic carbocycles. The van der Waals surface area contributed by atoms with Crippen LogP contribution in [0, 0.1) is 19.8 Å². The van der Waals surface area contributed by atoms with Gasteiger partial charge in [0.25, 0.3) is 0 Å². The first-order chi connectivity index (χ1) is 13.3. The fraction of sp³-hybridized carbons (Fsp3) is 0.409. The van der Waals surface area contributed by atoms with Gasteiger partial charge in [-0.05, 0) is 62.4 Å². The molecule has 0 spiro atoms. The minimum absolute atomic E-state index is 0.000388. The predicted molar refractivity (Wildman–Crippen MR) is 110 cm³/mol. The number of sulfonamides is 1. The number of piperidine rings is 1. The number of amides is 1. The van der Waals surface area contributed by atoms with Crippen LogP contribution in [0.15, 0.2) is 53.4 Å². The van der Waals surface area contributed by atoms with Crippen LogP contribution >= 0.6 is 0 Å². The highest BCUT2D eigenvalue weighted by Crippen LogP contribution is 2.26. The van der Waals surface area contributed by atoms with Crippen molar-refractivity contribution in [2.24, 2.45) is 5.92 Å². The van der Waals surface area contributed by atoms with Crippen LogP contribution in [-0.4, -0.2) is 31.7 Å². The first-order valence-electron chi connectivity index (χ1n) is 9.72. The van der Waals surface area contributed by atoms with Crippen molar-refractivity contribution in [1.29, 1.82) is 0 Å². The molecule has 28 heavy (non-hydrogen) atoms. The van der Waals surface area contributed by atoms with E-state index >= 15 is 0 Å². The van der Waals surface area contributed by atoms with Crippen LogP contribution in [0.3, 0.4) is 0 Å². The summed E-state index contributed by atoms with van der Waals surface area (Å²) in [6.45, 7) is 6.58. The van der Waals surface area contributed by atoms with Gasteiger partial charge in [-0.25, -0.2) is 8.42 Å². The van der Waals surface area contributed by atoms with Gasteiger partial charge < -0.3 is 5.32 Å². The average Bonchev–Trinajstić information content (AvgIpc) is 2.70. The molecule has 1 aliphatic rings. The zero-order valence-corrected chi connectivity index (χ0v) is 17.5. The van der Waals surface area contributed by atoms with Gasteiger partial charge in [0.15, 0.2) is 0 Å². The Balaban J connectivity index is 1.60. The lowest BCUT2D eigenvalue weighted by Gasteiger charge is -2.31. The Bertz CT molecular complexity index is 934. The maximum atomic E-state index is 12.9. The quantitative estimate of drug-likeness (QED) is 0.834. The van der Waals surface area contributed by atoms with Crippen LogP contribution in [0.25, 0.3) is 0 Å². The lowest BCUT2D eigenvalue weighted by atomic mass is 9.96. The second-order valence-corrected chi connectivity index (χ2v) is 9.50. The summed E-state index contributed by atoms with van der Waals surface area (Å²) in [4.78, 5) is 12.9. The fourth-order valence-electron chi connectivity index (χ4n) is 3.54. The summed E-state index contributed by atoms with van der Waals surface area (Å²) in [6, 6.07) is 15.0. The van der Waals surface area contributed by atoms with Crippen LogP contribution in [0.1, 0.15) is 42.5 Å². The third-order valence-electron chi connectivity index (χ3n) is 5.60. The van der Waals surface area contributed by atoms with Crippen molar-refractivity contribution in [3.63, 3.8) is 0 Å². The molecule has 1 saturated heterocycles. The number of nitrogens with one attached hydrogen (secondary N) is 1. The number of hydrogen-bond donors (Lipinski definition) is 1. The van der Waals surface area contributed by atoms with Crippen molar-refractivity contribution in [1.82, 2.24) is 9.62 Å². The van der Waals surface area contributed by atoms with Crippen LogP contribution in [-0.2, 0) is 14.8 Å². The Morgan fingerprint density at radius 1 is 1.04 bits per heavy atom. The SMILES string of the molecule is Cc1ccc(S(=O)(=O)N2CCC(C(=O)NC(C)c3ccccc3)CC2)cc1C. The van der Waals surface area contributed by atoms with Gasteiger partial charge in [-0.1, -0.05) is 36.4 Å². The molecule has 3 rings (SSSR count).